The van der Waals surface area contributed by atoms with E-state index < -0.39 is 0 Å². The zero-order valence-corrected chi connectivity index (χ0v) is 45.1. The van der Waals surface area contributed by atoms with Crippen molar-refractivity contribution in [3.63, 3.8) is 0 Å². The van der Waals surface area contributed by atoms with E-state index in [1.807, 2.05) is 203 Å². The second-order valence-electron chi connectivity index (χ2n) is 34.7. The molecule has 0 amide bonds. The number of benzene rings is 11. The molecule has 1 aliphatic heterocycles. The smallest absolute Gasteiger partial charge is 0.0645 e. The van der Waals surface area contributed by atoms with Gasteiger partial charge in [-0.25, -0.2) is 0 Å². The fourth-order valence-electron chi connectivity index (χ4n) is 33.8. The molecule has 12 aromatic rings. The van der Waals surface area contributed by atoms with Crippen molar-refractivity contribution in [3.8, 4) is 11.1 Å². The summed E-state index contributed by atoms with van der Waals surface area (Å²) in [5.41, 5.74) is 49.5. The summed E-state index contributed by atoms with van der Waals surface area (Å²) < 4.78 is -0.0238. The van der Waals surface area contributed by atoms with E-state index >= 15 is 0 Å². The van der Waals surface area contributed by atoms with Crippen molar-refractivity contribution in [2.75, 3.05) is 0 Å². The highest BCUT2D eigenvalue weighted by molar-refractivity contribution is 8.01. The first kappa shape index (κ1) is 33.8. The Morgan fingerprint density at radius 1 is 0.316 bits per heavy atom. The molecule has 0 saturated heterocycles. The molecule has 23 aliphatic rings. The third-order valence-electron chi connectivity index (χ3n) is 33.0. The fourth-order valence-corrected chi connectivity index (χ4v) is 35.9. The van der Waals surface area contributed by atoms with Crippen molar-refractivity contribution in [2.24, 2.45) is 11.8 Å². The Balaban J connectivity index is 0.947. The van der Waals surface area contributed by atoms with Crippen LogP contribution in [0, 0.1) is 11.8 Å². The van der Waals surface area contributed by atoms with Crippen molar-refractivity contribution >= 4 is 109 Å². The molecule has 22 aliphatic carbocycles. The Morgan fingerprint density at radius 2 is 0.658 bits per heavy atom. The Bertz CT molecular complexity index is 6080. The van der Waals surface area contributed by atoms with Gasteiger partial charge in [0.05, 0.1) is 4.75 Å². The first-order valence-electron chi connectivity index (χ1n) is 32.2. The second-order valence-corrected chi connectivity index (χ2v) is 35.9. The summed E-state index contributed by atoms with van der Waals surface area (Å²) in [7, 11) is 0. The van der Waals surface area contributed by atoms with Crippen LogP contribution in [0.2, 0.25) is 0 Å². The highest BCUT2D eigenvalue weighted by Crippen LogP contribution is 3.01. The first-order valence-corrected chi connectivity index (χ1v) is 33.0. The molecule has 35 rings (SSSR count). The summed E-state index contributed by atoms with van der Waals surface area (Å²) in [6, 6.07) is 11.1. The topological polar surface area (TPSA) is 0 Å². The molecule has 1 fully saturated rings. The second kappa shape index (κ2) is 7.88. The molecule has 12 aromatic carbocycles. The molecule has 79 heavy (non-hydrogen) atoms. The third-order valence-corrected chi connectivity index (χ3v) is 34.7. The maximum absolute atomic E-state index is 3.05. The molecule has 1 heterocycles. The van der Waals surface area contributed by atoms with Crippen LogP contribution in [0.5, 0.6) is 0 Å². The van der Waals surface area contributed by atoms with E-state index in [-0.39, 0.29) is 21.0 Å². The van der Waals surface area contributed by atoms with Crippen LogP contribution in [0.25, 0.3) is 108 Å². The first-order chi connectivity index (χ1) is 38.6. The normalized spacial score (nSPS) is 44.4. The number of thioether (sulfide) groups is 1. The van der Waals surface area contributed by atoms with Crippen LogP contribution >= 0.6 is 11.8 Å². The monoisotopic (exact) mass is 1010 g/mol. The van der Waals surface area contributed by atoms with Gasteiger partial charge in [0, 0.05) is 10.3 Å². The fraction of sp³-hybridized carbons (Fsp3) is 0.385. The lowest BCUT2D eigenvalue weighted by Crippen LogP contribution is -2.62. The van der Waals surface area contributed by atoms with Crippen LogP contribution in [-0.4, -0.2) is 0 Å². The van der Waals surface area contributed by atoms with Crippen molar-refractivity contribution in [1.82, 2.24) is 0 Å². The summed E-state index contributed by atoms with van der Waals surface area (Å²) in [6.07, 6.45) is 0. The summed E-state index contributed by atoms with van der Waals surface area (Å²) >= 11 is 2.63. The standard InChI is InChI=1S/C78H42S/c1-75(2,3)11-7-8-12-13(9-11)74-15(10-14(12)76(4,5)6)77-70-62-54-44-34-26-18-16-17-20-24-22(18)30-38-32(24)42-36-28(20)29-21(17)25-23-19(16)27(26)35-41-31(23)39-33(25)43-37(29)47-46(36)58-52(42)60-50(38)56(48(54)40(30)34)64(70)66(60)72-68(58)69-59(47)53(43)61-51(39)57-49(41)55(45(35)44)63(62)71(77)65(57)67(61)73(69)78(72,77)79-74/h7-10,18,20,22,24,26,28,34,36,44-47,55,59,63,65,67,69,71,73H,1-6H3. The van der Waals surface area contributed by atoms with Gasteiger partial charge in [-0.15, -0.1) is 11.8 Å². The van der Waals surface area contributed by atoms with Crippen molar-refractivity contribution in [3.05, 3.63) is 152 Å². The molecule has 0 nitrogen and oxygen atoms in total. The van der Waals surface area contributed by atoms with E-state index in [9.17, 15) is 0 Å². The molecule has 360 valence electrons. The number of rotatable bonds is 0. The molecule has 22 atom stereocenters. The summed E-state index contributed by atoms with van der Waals surface area (Å²) in [4.78, 5) is 1.76. The lowest BCUT2D eigenvalue weighted by molar-refractivity contribution is 0.0341. The Kier molecular flexibility index (Phi) is 3.37. The van der Waals surface area contributed by atoms with E-state index in [2.05, 4.69) is 88.7 Å². The number of fused-ring (bicyclic) bond motifs is 3. The summed E-state index contributed by atoms with van der Waals surface area (Å²) in [6.45, 7) is 15.3. The molecule has 0 radical (unpaired) electrons. The van der Waals surface area contributed by atoms with Gasteiger partial charge in [0.15, 0.2) is 0 Å². The maximum atomic E-state index is 3.05. The quantitative estimate of drug-likeness (QED) is 0.136. The molecule has 0 aromatic heterocycles. The van der Waals surface area contributed by atoms with Crippen molar-refractivity contribution in [2.45, 2.75) is 174 Å². The number of hydrogen-bond donors (Lipinski definition) is 0. The van der Waals surface area contributed by atoms with Crippen LogP contribution in [-0.2, 0) is 21.0 Å². The molecule has 22 unspecified atom stereocenters. The molecular formula is C78H42S. The number of hydrogen-bond acceptors (Lipinski definition) is 1. The van der Waals surface area contributed by atoms with Gasteiger partial charge in [-0.05, 0) is 371 Å². The Hall–Kier alpha value is -5.89. The lowest BCUT2D eigenvalue weighted by Gasteiger charge is -2.65. The van der Waals surface area contributed by atoms with E-state index in [0.717, 1.165) is 0 Å². The van der Waals surface area contributed by atoms with Crippen LogP contribution in [0.15, 0.2) is 29.2 Å². The van der Waals surface area contributed by atoms with E-state index in [0.29, 0.717) is 118 Å². The van der Waals surface area contributed by atoms with E-state index in [4.69, 9.17) is 0 Å². The molecule has 0 bridgehead atoms. The van der Waals surface area contributed by atoms with Crippen LogP contribution in [0.4, 0.5) is 0 Å². The Labute approximate surface area is 455 Å². The van der Waals surface area contributed by atoms with Crippen molar-refractivity contribution < 1.29 is 0 Å². The average Bonchev–Trinajstić information content (AvgIpc) is 1.42. The predicted octanol–water partition coefficient (Wildman–Crippen LogP) is 18.3. The summed E-state index contributed by atoms with van der Waals surface area (Å²) in [5.74, 6) is 12.7. The Morgan fingerprint density at radius 3 is 1.10 bits per heavy atom. The lowest BCUT2D eigenvalue weighted by atomic mass is 9.39. The minimum atomic E-state index is -0.0630. The molecular weight excluding hydrogens is 969 g/mol. The van der Waals surface area contributed by atoms with Gasteiger partial charge in [-0.2, -0.15) is 0 Å². The highest BCUT2D eigenvalue weighted by Gasteiger charge is 2.90. The SMILES string of the molecule is CC(C)(C)c1ccc2c(C(C)(C)C)cc3c(c2c1)SC12c4c5c6c7c8c9c%10c%11c%12c%13c%14c%15c(c%16c%13c%10c7c4-%16)C31C1C%15C3c4c7c%10c%13c%15c%16c%17c%18c%19c%20c%21c%22c%23c(c4c4c%22c%19c%16c%104)C3C%14C%12C%23C%21C%11C9C%20C%18C8C6C%17C%15C5C2C%13C71. The van der Waals surface area contributed by atoms with E-state index in [1.165, 1.54) is 5.56 Å². The minimum Gasteiger partial charge on any atom is -0.112 e. The zero-order chi connectivity index (χ0) is 48.5. The largest absolute Gasteiger partial charge is 0.112 e. The van der Waals surface area contributed by atoms with Gasteiger partial charge in [0.2, 0.25) is 0 Å². The summed E-state index contributed by atoms with van der Waals surface area (Å²) in [5, 5.41) is 33.9. The van der Waals surface area contributed by atoms with Gasteiger partial charge in [0.25, 0.3) is 0 Å². The average molecular weight is 1010 g/mol. The van der Waals surface area contributed by atoms with Gasteiger partial charge < -0.3 is 0 Å². The van der Waals surface area contributed by atoms with Crippen LogP contribution < -0.4 is 0 Å². The van der Waals surface area contributed by atoms with Gasteiger partial charge in [-0.3, -0.25) is 0 Å². The van der Waals surface area contributed by atoms with Crippen LogP contribution in [0.3, 0.4) is 0 Å². The molecule has 2 spiro atoms. The minimum absolute atomic E-state index is 0.0131. The molecule has 1 heteroatoms. The van der Waals surface area contributed by atoms with Crippen LogP contribution in [0.1, 0.15) is 276 Å². The van der Waals surface area contributed by atoms with E-state index in [1.54, 1.807) is 21.2 Å². The maximum Gasteiger partial charge on any atom is 0.0645 e. The third kappa shape index (κ3) is 2.02. The predicted molar refractivity (Wildman–Crippen MR) is 311 cm³/mol. The molecule has 0 N–H and O–H groups in total. The molecule has 1 saturated carbocycles. The zero-order valence-electron chi connectivity index (χ0n) is 44.3. The van der Waals surface area contributed by atoms with Gasteiger partial charge in [-0.1, -0.05) is 59.7 Å². The van der Waals surface area contributed by atoms with Crippen molar-refractivity contribution in [1.29, 1.82) is 0 Å². The highest BCUT2D eigenvalue weighted by atomic mass is 32.2. The van der Waals surface area contributed by atoms with Gasteiger partial charge >= 0.3 is 0 Å². The van der Waals surface area contributed by atoms with Gasteiger partial charge in [0.1, 0.15) is 0 Å².